The molecule has 1 aromatic rings. The molecule has 0 aliphatic heterocycles. The topological polar surface area (TPSA) is 59.4 Å². The third kappa shape index (κ3) is 4.96. The number of hydrogen-bond acceptors (Lipinski definition) is 3. The molecule has 1 rings (SSSR count). The summed E-state index contributed by atoms with van der Waals surface area (Å²) in [5.41, 5.74) is -3.28. The predicted molar refractivity (Wildman–Crippen MR) is 56.8 cm³/mol. The first-order chi connectivity index (χ1) is 9.44. The number of aromatic nitrogens is 1. The van der Waals surface area contributed by atoms with Gasteiger partial charge in [-0.3, -0.25) is 4.79 Å². The molecule has 4 nitrogen and oxygen atoms in total. The summed E-state index contributed by atoms with van der Waals surface area (Å²) >= 11 is 5.23. The van der Waals surface area contributed by atoms with E-state index in [1.54, 1.807) is 0 Å². The van der Waals surface area contributed by atoms with Gasteiger partial charge in [0.25, 0.3) is 0 Å². The van der Waals surface area contributed by atoms with E-state index < -0.39 is 53.5 Å². The summed E-state index contributed by atoms with van der Waals surface area (Å²) in [7, 11) is 0. The number of ether oxygens (including phenoxy) is 1. The molecule has 0 atom stereocenters. The quantitative estimate of drug-likeness (QED) is 0.676. The fourth-order valence-electron chi connectivity index (χ4n) is 1.42. The van der Waals surface area contributed by atoms with Crippen molar-refractivity contribution < 1.29 is 41.0 Å². The highest BCUT2D eigenvalue weighted by atomic mass is 35.5. The highest BCUT2D eigenvalue weighted by Gasteiger charge is 2.39. The molecule has 1 aromatic heterocycles. The number of halogens is 7. The minimum absolute atomic E-state index is 0.328. The van der Waals surface area contributed by atoms with Crippen molar-refractivity contribution in [1.29, 1.82) is 0 Å². The number of rotatable bonds is 4. The van der Waals surface area contributed by atoms with Gasteiger partial charge in [-0.25, -0.2) is 4.98 Å². The van der Waals surface area contributed by atoms with Gasteiger partial charge in [0, 0.05) is 5.56 Å². The molecular weight excluding hydrogens is 332 g/mol. The first-order valence-electron chi connectivity index (χ1n) is 5.07. The Morgan fingerprint density at radius 1 is 1.29 bits per heavy atom. The maximum atomic E-state index is 12.8. The van der Waals surface area contributed by atoms with Crippen LogP contribution in [-0.4, -0.2) is 22.4 Å². The van der Waals surface area contributed by atoms with E-state index in [0.29, 0.717) is 6.07 Å². The molecule has 0 bridgehead atoms. The third-order valence-electron chi connectivity index (χ3n) is 2.12. The van der Waals surface area contributed by atoms with Gasteiger partial charge in [-0.05, 0) is 6.07 Å². The number of carboxylic acids is 1. The molecule has 0 spiro atoms. The average Bonchev–Trinajstić information content (AvgIpc) is 2.23. The van der Waals surface area contributed by atoms with Crippen LogP contribution >= 0.6 is 11.6 Å². The lowest BCUT2D eigenvalue weighted by Gasteiger charge is -2.17. The van der Waals surface area contributed by atoms with Crippen LogP contribution in [0.2, 0.25) is 0 Å². The van der Waals surface area contributed by atoms with Crippen LogP contribution in [-0.2, 0) is 23.3 Å². The molecule has 11 heteroatoms. The van der Waals surface area contributed by atoms with Crippen molar-refractivity contribution in [1.82, 2.24) is 4.98 Å². The molecule has 21 heavy (non-hydrogen) atoms. The van der Waals surface area contributed by atoms with E-state index in [9.17, 15) is 31.1 Å². The van der Waals surface area contributed by atoms with Crippen LogP contribution in [0, 0.1) is 0 Å². The Labute approximate surface area is 118 Å². The SMILES string of the molecule is O=C(O)Cc1cc(C(F)(F)F)c(CCl)c(OC(F)(F)F)n1. The minimum atomic E-state index is -5.29. The average molecular weight is 338 g/mol. The van der Waals surface area contributed by atoms with Gasteiger partial charge < -0.3 is 9.84 Å². The summed E-state index contributed by atoms with van der Waals surface area (Å²) < 4.78 is 78.3. The highest BCUT2D eigenvalue weighted by molar-refractivity contribution is 6.17. The Bertz CT molecular complexity index is 543. The van der Waals surface area contributed by atoms with Gasteiger partial charge in [-0.2, -0.15) is 13.2 Å². The van der Waals surface area contributed by atoms with Crippen LogP contribution in [0.15, 0.2) is 6.07 Å². The zero-order chi connectivity index (χ0) is 16.4. The normalized spacial score (nSPS) is 12.3. The summed E-state index contributed by atoms with van der Waals surface area (Å²) in [5, 5.41) is 8.50. The van der Waals surface area contributed by atoms with Gasteiger partial charge in [0.1, 0.15) is 0 Å². The molecular formula is C10H6ClF6NO3. The molecule has 0 amide bonds. The monoisotopic (exact) mass is 337 g/mol. The molecule has 0 aliphatic rings. The van der Waals surface area contributed by atoms with Crippen LogP contribution in [0.3, 0.4) is 0 Å². The fraction of sp³-hybridized carbons (Fsp3) is 0.400. The van der Waals surface area contributed by atoms with Gasteiger partial charge in [-0.1, -0.05) is 0 Å². The lowest BCUT2D eigenvalue weighted by atomic mass is 10.1. The predicted octanol–water partition coefficient (Wildman–Crippen LogP) is 3.36. The van der Waals surface area contributed by atoms with Gasteiger partial charge in [0.05, 0.1) is 23.6 Å². The molecule has 0 fully saturated rings. The number of carbonyl (C=O) groups is 1. The molecule has 1 N–H and O–H groups in total. The lowest BCUT2D eigenvalue weighted by molar-refractivity contribution is -0.276. The Balaban J connectivity index is 3.48. The second-order valence-electron chi connectivity index (χ2n) is 3.69. The fourth-order valence-corrected chi connectivity index (χ4v) is 1.68. The molecule has 0 saturated heterocycles. The molecule has 0 aromatic carbocycles. The van der Waals surface area contributed by atoms with Crippen molar-refractivity contribution in [2.75, 3.05) is 0 Å². The summed E-state index contributed by atoms with van der Waals surface area (Å²) in [4.78, 5) is 13.6. The molecule has 0 saturated carbocycles. The molecule has 118 valence electrons. The van der Waals surface area contributed by atoms with Crippen molar-refractivity contribution in [3.63, 3.8) is 0 Å². The smallest absolute Gasteiger partial charge is 0.481 e. The van der Waals surface area contributed by atoms with Crippen LogP contribution in [0.1, 0.15) is 16.8 Å². The van der Waals surface area contributed by atoms with Gasteiger partial charge in [0.2, 0.25) is 5.88 Å². The Morgan fingerprint density at radius 2 is 1.86 bits per heavy atom. The number of carboxylic acid groups (broad SMARTS) is 1. The molecule has 0 aliphatic carbocycles. The second kappa shape index (κ2) is 5.96. The van der Waals surface area contributed by atoms with Crippen LogP contribution in [0.4, 0.5) is 26.3 Å². The molecule has 0 radical (unpaired) electrons. The summed E-state index contributed by atoms with van der Waals surface area (Å²) in [6.07, 6.45) is -11.3. The van der Waals surface area contributed by atoms with Crippen molar-refractivity contribution in [2.45, 2.75) is 24.8 Å². The minimum Gasteiger partial charge on any atom is -0.481 e. The first-order valence-corrected chi connectivity index (χ1v) is 5.61. The molecule has 1 heterocycles. The van der Waals surface area contributed by atoms with Gasteiger partial charge >= 0.3 is 18.5 Å². The number of pyridine rings is 1. The third-order valence-corrected chi connectivity index (χ3v) is 2.39. The lowest BCUT2D eigenvalue weighted by Crippen LogP contribution is -2.21. The van der Waals surface area contributed by atoms with Crippen LogP contribution in [0.25, 0.3) is 0 Å². The van der Waals surface area contributed by atoms with E-state index in [1.807, 2.05) is 0 Å². The second-order valence-corrected chi connectivity index (χ2v) is 3.96. The number of nitrogens with zero attached hydrogens (tertiary/aromatic N) is 1. The summed E-state index contributed by atoms with van der Waals surface area (Å²) in [6, 6.07) is 0.328. The maximum Gasteiger partial charge on any atom is 0.574 e. The van der Waals surface area contributed by atoms with Crippen molar-refractivity contribution in [3.05, 3.63) is 22.9 Å². The zero-order valence-corrected chi connectivity index (χ0v) is 10.6. The van der Waals surface area contributed by atoms with E-state index in [2.05, 4.69) is 9.72 Å². The number of alkyl halides is 7. The van der Waals surface area contributed by atoms with Crippen molar-refractivity contribution in [2.24, 2.45) is 0 Å². The summed E-state index contributed by atoms with van der Waals surface area (Å²) in [5.74, 6) is -3.92. The maximum absolute atomic E-state index is 12.8. The van der Waals surface area contributed by atoms with Crippen molar-refractivity contribution >= 4 is 17.6 Å². The van der Waals surface area contributed by atoms with E-state index >= 15 is 0 Å². The Morgan fingerprint density at radius 3 is 2.24 bits per heavy atom. The van der Waals surface area contributed by atoms with E-state index in [1.165, 1.54) is 0 Å². The number of hydrogen-bond donors (Lipinski definition) is 1. The molecule has 0 unspecified atom stereocenters. The first kappa shape index (κ1) is 17.3. The van der Waals surface area contributed by atoms with Crippen molar-refractivity contribution in [3.8, 4) is 5.88 Å². The van der Waals surface area contributed by atoms with Gasteiger partial charge in [-0.15, -0.1) is 24.8 Å². The Hall–Kier alpha value is -1.71. The highest BCUT2D eigenvalue weighted by Crippen LogP contribution is 2.38. The van der Waals surface area contributed by atoms with E-state index in [-0.39, 0.29) is 0 Å². The van der Waals surface area contributed by atoms with E-state index in [0.717, 1.165) is 0 Å². The van der Waals surface area contributed by atoms with Crippen LogP contribution < -0.4 is 4.74 Å². The number of aliphatic carboxylic acids is 1. The van der Waals surface area contributed by atoms with Gasteiger partial charge in [0.15, 0.2) is 0 Å². The van der Waals surface area contributed by atoms with Crippen LogP contribution in [0.5, 0.6) is 5.88 Å². The standard InChI is InChI=1S/C10H6ClF6NO3/c11-3-5-6(9(12,13)14)1-4(2-7(19)20)18-8(5)21-10(15,16)17/h1H,2-3H2,(H,19,20). The Kier molecular flexibility index (Phi) is 4.92. The summed E-state index contributed by atoms with van der Waals surface area (Å²) in [6.45, 7) is 0. The van der Waals surface area contributed by atoms with E-state index in [4.69, 9.17) is 16.7 Å². The zero-order valence-electron chi connectivity index (χ0n) is 9.85. The largest absolute Gasteiger partial charge is 0.574 e.